The van der Waals surface area contributed by atoms with Crippen LogP contribution in [0.3, 0.4) is 0 Å². The molecule has 0 amide bonds. The van der Waals surface area contributed by atoms with Gasteiger partial charge < -0.3 is 16.0 Å². The average molecular weight is 281 g/mol. The van der Waals surface area contributed by atoms with E-state index in [0.29, 0.717) is 17.9 Å². The maximum Gasteiger partial charge on any atom is 0.238 e. The Hall–Kier alpha value is -2.06. The van der Waals surface area contributed by atoms with Crippen LogP contribution in [0.15, 0.2) is 35.6 Å². The summed E-state index contributed by atoms with van der Waals surface area (Å²) in [5.74, 6) is 0. The molecule has 19 heavy (non-hydrogen) atoms. The van der Waals surface area contributed by atoms with Crippen LogP contribution >= 0.6 is 0 Å². The first-order chi connectivity index (χ1) is 8.95. The van der Waals surface area contributed by atoms with Gasteiger partial charge in [0.15, 0.2) is 0 Å². The van der Waals surface area contributed by atoms with E-state index in [1.54, 1.807) is 18.6 Å². The van der Waals surface area contributed by atoms with Crippen molar-refractivity contribution in [3.63, 3.8) is 0 Å². The van der Waals surface area contributed by atoms with Gasteiger partial charge in [0.05, 0.1) is 11.2 Å². The second-order valence-electron chi connectivity index (χ2n) is 4.09. The molecule has 0 saturated carbocycles. The monoisotopic (exact) mass is 281 g/mol. The standard InChI is InChI=1S/C11H15N5O2S/c12-8-3-10(5-11(4-8)19(13,17)18)15-2-1-9-6-14-7-16-9/h3-7,15H,1-2,12H2,(H,14,16)(H2,13,17,18). The van der Waals surface area contributed by atoms with Crippen molar-refractivity contribution in [2.24, 2.45) is 5.14 Å². The zero-order chi connectivity index (χ0) is 13.9. The van der Waals surface area contributed by atoms with E-state index in [4.69, 9.17) is 10.9 Å². The van der Waals surface area contributed by atoms with Gasteiger partial charge in [0, 0.05) is 36.2 Å². The van der Waals surface area contributed by atoms with E-state index in [-0.39, 0.29) is 4.90 Å². The highest BCUT2D eigenvalue weighted by atomic mass is 32.2. The van der Waals surface area contributed by atoms with Gasteiger partial charge in [-0.05, 0) is 18.2 Å². The number of sulfonamides is 1. The van der Waals surface area contributed by atoms with Crippen LogP contribution in [0.25, 0.3) is 0 Å². The van der Waals surface area contributed by atoms with Gasteiger partial charge in [0.1, 0.15) is 0 Å². The number of benzene rings is 1. The number of nitrogens with one attached hydrogen (secondary N) is 2. The fourth-order valence-electron chi connectivity index (χ4n) is 1.65. The lowest BCUT2D eigenvalue weighted by atomic mass is 10.2. The maximum atomic E-state index is 11.3. The van der Waals surface area contributed by atoms with Gasteiger partial charge in [0.25, 0.3) is 0 Å². The maximum absolute atomic E-state index is 11.3. The quantitative estimate of drug-likeness (QED) is 0.586. The second-order valence-corrected chi connectivity index (χ2v) is 5.65. The molecular weight excluding hydrogens is 266 g/mol. The lowest BCUT2D eigenvalue weighted by Crippen LogP contribution is -2.13. The van der Waals surface area contributed by atoms with Crippen molar-refractivity contribution in [3.05, 3.63) is 36.4 Å². The predicted molar refractivity (Wildman–Crippen MR) is 73.0 cm³/mol. The number of H-pyrrole nitrogens is 1. The average Bonchev–Trinajstić information content (AvgIpc) is 2.80. The first kappa shape index (κ1) is 13.4. The number of aromatic nitrogens is 2. The molecule has 1 aromatic carbocycles. The SMILES string of the molecule is Nc1cc(NCCc2cnc[nH]2)cc(S(N)(=O)=O)c1. The van der Waals surface area contributed by atoms with Crippen molar-refractivity contribution in [1.82, 2.24) is 9.97 Å². The number of primary sulfonamides is 1. The third kappa shape index (κ3) is 3.70. The lowest BCUT2D eigenvalue weighted by Gasteiger charge is -2.08. The van der Waals surface area contributed by atoms with Gasteiger partial charge in [-0.1, -0.05) is 0 Å². The van der Waals surface area contributed by atoms with Gasteiger partial charge in [-0.15, -0.1) is 0 Å². The van der Waals surface area contributed by atoms with E-state index in [9.17, 15) is 8.42 Å². The molecule has 0 aliphatic rings. The van der Waals surface area contributed by atoms with Gasteiger partial charge in [-0.25, -0.2) is 18.5 Å². The summed E-state index contributed by atoms with van der Waals surface area (Å²) in [5.41, 5.74) is 7.59. The van der Waals surface area contributed by atoms with Crippen LogP contribution in [-0.4, -0.2) is 24.9 Å². The van der Waals surface area contributed by atoms with E-state index in [1.165, 1.54) is 12.1 Å². The molecular formula is C11H15N5O2S. The number of hydrogen-bond donors (Lipinski definition) is 4. The molecule has 102 valence electrons. The number of nitrogens with zero attached hydrogens (tertiary/aromatic N) is 1. The lowest BCUT2D eigenvalue weighted by molar-refractivity contribution is 0.598. The minimum absolute atomic E-state index is 0.00320. The summed E-state index contributed by atoms with van der Waals surface area (Å²) in [4.78, 5) is 6.88. The van der Waals surface area contributed by atoms with E-state index < -0.39 is 10.0 Å². The van der Waals surface area contributed by atoms with Crippen LogP contribution < -0.4 is 16.2 Å². The first-order valence-corrected chi connectivity index (χ1v) is 7.14. The highest BCUT2D eigenvalue weighted by Gasteiger charge is 2.09. The van der Waals surface area contributed by atoms with Crippen LogP contribution in [0.5, 0.6) is 0 Å². The molecule has 1 aromatic heterocycles. The number of anilines is 2. The molecule has 2 aromatic rings. The van der Waals surface area contributed by atoms with Crippen molar-refractivity contribution in [1.29, 1.82) is 0 Å². The van der Waals surface area contributed by atoms with Crippen LogP contribution in [0, 0.1) is 0 Å². The molecule has 0 atom stereocenters. The number of hydrogen-bond acceptors (Lipinski definition) is 5. The van der Waals surface area contributed by atoms with Crippen LogP contribution in [0.2, 0.25) is 0 Å². The van der Waals surface area contributed by atoms with Gasteiger partial charge in [0.2, 0.25) is 10.0 Å². The Morgan fingerprint density at radius 2 is 2.11 bits per heavy atom. The minimum Gasteiger partial charge on any atom is -0.399 e. The van der Waals surface area contributed by atoms with Crippen molar-refractivity contribution in [3.8, 4) is 0 Å². The summed E-state index contributed by atoms with van der Waals surface area (Å²) in [7, 11) is -3.75. The van der Waals surface area contributed by atoms with Crippen LogP contribution in [0.4, 0.5) is 11.4 Å². The number of rotatable bonds is 5. The number of nitrogens with two attached hydrogens (primary N) is 2. The Labute approximate surface area is 111 Å². The fraction of sp³-hybridized carbons (Fsp3) is 0.182. The van der Waals surface area contributed by atoms with E-state index in [2.05, 4.69) is 15.3 Å². The summed E-state index contributed by atoms with van der Waals surface area (Å²) < 4.78 is 22.6. The molecule has 0 radical (unpaired) electrons. The molecule has 2 rings (SSSR count). The molecule has 0 unspecified atom stereocenters. The molecule has 0 fully saturated rings. The van der Waals surface area contributed by atoms with Crippen LogP contribution in [0.1, 0.15) is 5.69 Å². The molecule has 7 nitrogen and oxygen atoms in total. The van der Waals surface area contributed by atoms with E-state index >= 15 is 0 Å². The Kier molecular flexibility index (Phi) is 3.72. The highest BCUT2D eigenvalue weighted by Crippen LogP contribution is 2.19. The summed E-state index contributed by atoms with van der Waals surface area (Å²) in [5, 5.41) is 8.16. The molecule has 6 N–H and O–H groups in total. The van der Waals surface area contributed by atoms with Gasteiger partial charge in [-0.3, -0.25) is 0 Å². The van der Waals surface area contributed by atoms with Crippen molar-refractivity contribution < 1.29 is 8.42 Å². The molecule has 0 saturated heterocycles. The Bertz CT molecular complexity index is 652. The van der Waals surface area contributed by atoms with E-state index in [1.807, 2.05) is 0 Å². The molecule has 0 spiro atoms. The molecule has 1 heterocycles. The van der Waals surface area contributed by atoms with Crippen LogP contribution in [-0.2, 0) is 16.4 Å². The van der Waals surface area contributed by atoms with Gasteiger partial charge >= 0.3 is 0 Å². The zero-order valence-electron chi connectivity index (χ0n) is 10.1. The highest BCUT2D eigenvalue weighted by molar-refractivity contribution is 7.89. The minimum atomic E-state index is -3.75. The topological polar surface area (TPSA) is 127 Å². The predicted octanol–water partition coefficient (Wildman–Crippen LogP) is 0.294. The molecule has 0 aliphatic carbocycles. The third-order valence-electron chi connectivity index (χ3n) is 2.54. The zero-order valence-corrected chi connectivity index (χ0v) is 10.9. The van der Waals surface area contributed by atoms with Crippen molar-refractivity contribution in [2.75, 3.05) is 17.6 Å². The fourth-order valence-corrected chi connectivity index (χ4v) is 2.24. The Morgan fingerprint density at radius 1 is 1.32 bits per heavy atom. The van der Waals surface area contributed by atoms with Crippen molar-refractivity contribution in [2.45, 2.75) is 11.3 Å². The summed E-state index contributed by atoms with van der Waals surface area (Å²) in [6.07, 6.45) is 4.07. The third-order valence-corrected chi connectivity index (χ3v) is 3.43. The Morgan fingerprint density at radius 3 is 2.74 bits per heavy atom. The largest absolute Gasteiger partial charge is 0.399 e. The number of nitrogen functional groups attached to an aromatic ring is 1. The molecule has 8 heteroatoms. The van der Waals surface area contributed by atoms with Crippen molar-refractivity contribution >= 4 is 21.4 Å². The second kappa shape index (κ2) is 5.29. The first-order valence-electron chi connectivity index (χ1n) is 5.59. The summed E-state index contributed by atoms with van der Waals surface area (Å²) in [6, 6.07) is 4.44. The number of aromatic amines is 1. The smallest absolute Gasteiger partial charge is 0.238 e. The number of imidazole rings is 1. The molecule has 0 aliphatic heterocycles. The molecule has 0 bridgehead atoms. The van der Waals surface area contributed by atoms with E-state index in [0.717, 1.165) is 12.1 Å². The summed E-state index contributed by atoms with van der Waals surface area (Å²) in [6.45, 7) is 0.621. The normalized spacial score (nSPS) is 11.4. The summed E-state index contributed by atoms with van der Waals surface area (Å²) >= 11 is 0. The van der Waals surface area contributed by atoms with Gasteiger partial charge in [-0.2, -0.15) is 0 Å². The Balaban J connectivity index is 2.06.